The number of hydrogen-bond donors (Lipinski definition) is 10. The van der Waals surface area contributed by atoms with Crippen molar-refractivity contribution in [3.63, 3.8) is 0 Å². The van der Waals surface area contributed by atoms with Crippen LogP contribution in [0.1, 0.15) is 62.8 Å². The number of carbonyl (C=O) groups excluding carboxylic acids is 5. The molecule has 5 rings (SSSR count). The summed E-state index contributed by atoms with van der Waals surface area (Å²) in [6.07, 6.45) is 2.69. The summed E-state index contributed by atoms with van der Waals surface area (Å²) >= 11 is 0. The number of fused-ring (bicyclic) bond motifs is 1. The summed E-state index contributed by atoms with van der Waals surface area (Å²) in [6, 6.07) is 21.4. The first-order valence-corrected chi connectivity index (χ1v) is 22.2. The van der Waals surface area contributed by atoms with Gasteiger partial charge in [0.25, 0.3) is 0 Å². The monoisotopic (exact) mass is 903 g/mol. The minimum Gasteiger partial charge on any atom is -0.508 e. The van der Waals surface area contributed by atoms with Gasteiger partial charge < -0.3 is 52.6 Å². The van der Waals surface area contributed by atoms with Crippen LogP contribution in [0.3, 0.4) is 0 Å². The Hall–Kier alpha value is -7.20. The number of nitrogens with one attached hydrogen (secondary N) is 6. The van der Waals surface area contributed by atoms with Crippen molar-refractivity contribution >= 4 is 46.4 Å². The number of hydrogen-bond acceptors (Lipinski definition) is 9. The fourth-order valence-electron chi connectivity index (χ4n) is 7.55. The first-order valence-electron chi connectivity index (χ1n) is 22.2. The highest BCUT2D eigenvalue weighted by Crippen LogP contribution is 2.21. The second-order valence-electron chi connectivity index (χ2n) is 16.9. The molecule has 0 unspecified atom stereocenters. The molecule has 11 N–H and O–H groups in total. The molecule has 0 bridgehead atoms. The number of nitrogens with two attached hydrogens (primary N) is 1. The lowest BCUT2D eigenvalue weighted by Crippen LogP contribution is -2.61. The first-order chi connectivity index (χ1) is 31.6. The zero-order valence-electron chi connectivity index (χ0n) is 37.6. The molecule has 5 aromatic rings. The van der Waals surface area contributed by atoms with Gasteiger partial charge in [-0.05, 0) is 70.8 Å². The molecule has 16 nitrogen and oxygen atoms in total. The van der Waals surface area contributed by atoms with E-state index in [4.69, 9.17) is 5.73 Å². The van der Waals surface area contributed by atoms with Gasteiger partial charge in [-0.2, -0.15) is 0 Å². The van der Waals surface area contributed by atoms with Gasteiger partial charge in [0.05, 0.1) is 6.04 Å². The number of aromatic hydroxyl groups is 2. The number of rotatable bonds is 23. The Bertz CT molecular complexity index is 2420. The number of benzene rings is 4. The second-order valence-corrected chi connectivity index (χ2v) is 16.9. The van der Waals surface area contributed by atoms with E-state index in [9.17, 15) is 44.1 Å². The van der Waals surface area contributed by atoms with Gasteiger partial charge in [-0.25, -0.2) is 4.79 Å². The van der Waals surface area contributed by atoms with Crippen LogP contribution in [-0.4, -0.2) is 92.1 Å². The lowest BCUT2D eigenvalue weighted by molar-refractivity contribution is -0.144. The normalized spacial score (nSPS) is 14.9. The van der Waals surface area contributed by atoms with E-state index in [0.29, 0.717) is 29.5 Å². The van der Waals surface area contributed by atoms with E-state index in [1.54, 1.807) is 81.6 Å². The Morgan fingerprint density at radius 3 is 1.53 bits per heavy atom. The number of amides is 5. The minimum absolute atomic E-state index is 0.000546. The molecule has 16 heteroatoms. The maximum atomic E-state index is 14.6. The van der Waals surface area contributed by atoms with E-state index < -0.39 is 83.6 Å². The number of para-hydroxylation sites is 1. The fraction of sp³-hybridized carbons (Fsp3) is 0.360. The Balaban J connectivity index is 1.42. The van der Waals surface area contributed by atoms with E-state index in [1.807, 2.05) is 31.2 Å². The minimum atomic E-state index is -1.29. The maximum absolute atomic E-state index is 14.6. The zero-order chi connectivity index (χ0) is 47.9. The summed E-state index contributed by atoms with van der Waals surface area (Å²) in [5.41, 5.74) is 9.84. The fourth-order valence-corrected chi connectivity index (χ4v) is 7.55. The number of carboxylic acid groups (broad SMARTS) is 1. The third-order valence-electron chi connectivity index (χ3n) is 12.0. The predicted molar refractivity (Wildman–Crippen MR) is 250 cm³/mol. The molecule has 1 aromatic heterocycles. The summed E-state index contributed by atoms with van der Waals surface area (Å²) < 4.78 is 0. The SMILES string of the molecule is CC[C@H](C)[C@H](NC(=O)[C@H](Cc1ccc(O)cc1)NC(=O)[C@@H](NC(=O)[C@H](Cc1ccccc1)NC(=O)[C@H](Cc1c[nH]c2ccccc12)NC(=O)[C@@H](N)Cc1ccc(O)cc1)[C@@H](C)CC)C(=O)O. The molecule has 66 heavy (non-hydrogen) atoms. The van der Waals surface area contributed by atoms with Gasteiger partial charge in [-0.3, -0.25) is 24.0 Å². The van der Waals surface area contributed by atoms with Crippen LogP contribution in [-0.2, 0) is 54.5 Å². The Labute approximate surface area is 384 Å². The molecule has 0 radical (unpaired) electrons. The summed E-state index contributed by atoms with van der Waals surface area (Å²) in [6.45, 7) is 7.07. The van der Waals surface area contributed by atoms with Crippen molar-refractivity contribution < 1.29 is 44.1 Å². The van der Waals surface area contributed by atoms with Crippen LogP contribution in [0.5, 0.6) is 11.5 Å². The van der Waals surface area contributed by atoms with Gasteiger partial charge in [0.2, 0.25) is 29.5 Å². The third kappa shape index (κ3) is 13.9. The molecule has 0 spiro atoms. The standard InChI is InChI=1S/C50H61N7O9/c1-5-29(3)43(49(64)55-41(26-33-18-22-36(59)23-19-33)48(63)57-44(50(65)66)30(4)6-2)56-47(62)40(25-31-12-8-7-9-13-31)54-46(61)42(27-34-28-52-39-15-11-10-14-37(34)39)53-45(60)38(51)24-32-16-20-35(58)21-17-32/h7-23,28-30,38,40-44,52,58-59H,5-6,24-27,51H2,1-4H3,(H,53,60)(H,54,61)(H,55,64)(H,56,62)(H,57,63)(H,65,66)/t29-,30-,38-,40-,41-,42-,43-,44-/m0/s1. The van der Waals surface area contributed by atoms with Crippen molar-refractivity contribution in [3.8, 4) is 11.5 Å². The molecule has 5 amide bonds. The van der Waals surface area contributed by atoms with Crippen molar-refractivity contribution in [3.05, 3.63) is 132 Å². The van der Waals surface area contributed by atoms with Crippen LogP contribution in [0.25, 0.3) is 10.9 Å². The quantitative estimate of drug-likeness (QED) is 0.0454. The number of carboxylic acids is 1. The number of aliphatic carboxylic acids is 1. The lowest BCUT2D eigenvalue weighted by Gasteiger charge is -2.30. The van der Waals surface area contributed by atoms with Gasteiger partial charge in [0, 0.05) is 36.4 Å². The van der Waals surface area contributed by atoms with Crippen LogP contribution < -0.4 is 32.3 Å². The van der Waals surface area contributed by atoms with Gasteiger partial charge in [-0.1, -0.05) is 113 Å². The number of aromatic nitrogens is 1. The van der Waals surface area contributed by atoms with Gasteiger partial charge in [0.15, 0.2) is 0 Å². The zero-order valence-corrected chi connectivity index (χ0v) is 37.6. The van der Waals surface area contributed by atoms with E-state index in [0.717, 1.165) is 16.5 Å². The number of phenolic OH excluding ortho intramolecular Hbond substituents is 2. The molecular formula is C50H61N7O9. The predicted octanol–water partition coefficient (Wildman–Crippen LogP) is 3.78. The van der Waals surface area contributed by atoms with Crippen molar-refractivity contribution in [1.82, 2.24) is 31.6 Å². The average Bonchev–Trinajstić information content (AvgIpc) is 3.72. The highest BCUT2D eigenvalue weighted by Gasteiger charge is 2.36. The smallest absolute Gasteiger partial charge is 0.326 e. The number of phenols is 2. The maximum Gasteiger partial charge on any atom is 0.326 e. The topological polar surface area (TPSA) is 265 Å². The van der Waals surface area contributed by atoms with Crippen LogP contribution in [0.2, 0.25) is 0 Å². The summed E-state index contributed by atoms with van der Waals surface area (Å²) in [5.74, 6) is -5.60. The van der Waals surface area contributed by atoms with Crippen LogP contribution >= 0.6 is 0 Å². The highest BCUT2D eigenvalue weighted by atomic mass is 16.4. The molecule has 350 valence electrons. The van der Waals surface area contributed by atoms with Crippen molar-refractivity contribution in [2.75, 3.05) is 0 Å². The summed E-state index contributed by atoms with van der Waals surface area (Å²) in [5, 5.41) is 44.2. The molecule has 0 aliphatic rings. The van der Waals surface area contributed by atoms with Crippen LogP contribution in [0, 0.1) is 11.8 Å². The van der Waals surface area contributed by atoms with Crippen molar-refractivity contribution in [2.45, 2.75) is 102 Å². The summed E-state index contributed by atoms with van der Waals surface area (Å²) in [7, 11) is 0. The first kappa shape index (κ1) is 49.8. The number of carbonyl (C=O) groups is 6. The Morgan fingerprint density at radius 1 is 0.530 bits per heavy atom. The molecule has 0 saturated heterocycles. The average molecular weight is 904 g/mol. The van der Waals surface area contributed by atoms with E-state index in [-0.39, 0.29) is 37.2 Å². The Morgan fingerprint density at radius 2 is 0.970 bits per heavy atom. The summed E-state index contributed by atoms with van der Waals surface area (Å²) in [4.78, 5) is 86.4. The van der Waals surface area contributed by atoms with Crippen molar-refractivity contribution in [2.24, 2.45) is 17.6 Å². The number of H-pyrrole nitrogens is 1. The van der Waals surface area contributed by atoms with Crippen molar-refractivity contribution in [1.29, 1.82) is 0 Å². The van der Waals surface area contributed by atoms with Crippen LogP contribution in [0.4, 0.5) is 0 Å². The van der Waals surface area contributed by atoms with E-state index in [1.165, 1.54) is 24.3 Å². The molecular weight excluding hydrogens is 843 g/mol. The number of aromatic amines is 1. The molecule has 0 aliphatic heterocycles. The van der Waals surface area contributed by atoms with Gasteiger partial charge in [-0.15, -0.1) is 0 Å². The molecule has 1 heterocycles. The molecule has 4 aromatic carbocycles. The van der Waals surface area contributed by atoms with Gasteiger partial charge >= 0.3 is 5.97 Å². The third-order valence-corrected chi connectivity index (χ3v) is 12.0. The van der Waals surface area contributed by atoms with E-state index >= 15 is 0 Å². The molecule has 0 aliphatic carbocycles. The molecule has 0 fully saturated rings. The lowest BCUT2D eigenvalue weighted by atomic mass is 9.95. The molecule has 0 saturated carbocycles. The van der Waals surface area contributed by atoms with Gasteiger partial charge in [0.1, 0.15) is 41.7 Å². The van der Waals surface area contributed by atoms with E-state index in [2.05, 4.69) is 31.6 Å². The second kappa shape index (κ2) is 23.6. The molecule has 8 atom stereocenters. The largest absolute Gasteiger partial charge is 0.508 e. The highest BCUT2D eigenvalue weighted by molar-refractivity contribution is 5.97. The van der Waals surface area contributed by atoms with Crippen LogP contribution in [0.15, 0.2) is 109 Å². The Kier molecular flexibility index (Phi) is 17.8.